The standard InChI is InChI=1S/C21H28O2/c1-3-21-12-11-17-16-8-6-15(23-4-2)13-14(16)5-7-18(17)19(21)9-10-20(21)22/h5,9-10,13,16-19H,3-4,6-8,11-12H2,1-2H3/t16-,17+,18+,19-,21-/m0/s1. The molecule has 2 nitrogen and oxygen atoms in total. The summed E-state index contributed by atoms with van der Waals surface area (Å²) in [6.07, 6.45) is 15.7. The third-order valence-corrected chi connectivity index (χ3v) is 7.08. The lowest BCUT2D eigenvalue weighted by atomic mass is 9.52. The Kier molecular flexibility index (Phi) is 3.74. The predicted molar refractivity (Wildman–Crippen MR) is 91.7 cm³/mol. The maximum Gasteiger partial charge on any atom is 0.162 e. The van der Waals surface area contributed by atoms with Crippen LogP contribution in [-0.2, 0) is 9.53 Å². The van der Waals surface area contributed by atoms with Gasteiger partial charge in [0.1, 0.15) is 0 Å². The second-order valence-corrected chi connectivity index (χ2v) is 7.75. The topological polar surface area (TPSA) is 26.3 Å². The van der Waals surface area contributed by atoms with Crippen LogP contribution in [0.3, 0.4) is 0 Å². The highest BCUT2D eigenvalue weighted by atomic mass is 16.5. The van der Waals surface area contributed by atoms with E-state index in [1.807, 2.05) is 6.08 Å². The highest BCUT2D eigenvalue weighted by Gasteiger charge is 2.55. The number of rotatable bonds is 3. The molecule has 0 bridgehead atoms. The summed E-state index contributed by atoms with van der Waals surface area (Å²) in [5.41, 5.74) is 1.45. The molecule has 0 amide bonds. The van der Waals surface area contributed by atoms with Gasteiger partial charge in [-0.3, -0.25) is 4.79 Å². The Morgan fingerprint density at radius 1 is 1.26 bits per heavy atom. The second kappa shape index (κ2) is 5.65. The summed E-state index contributed by atoms with van der Waals surface area (Å²) in [4.78, 5) is 12.5. The number of ether oxygens (including phenoxy) is 1. The fraction of sp³-hybridized carbons (Fsp3) is 0.667. The lowest BCUT2D eigenvalue weighted by Crippen LogP contribution is -2.47. The molecule has 23 heavy (non-hydrogen) atoms. The SMILES string of the molecule is CCOC1=CC2=CC[C@@H]3[C@H](CC[C@]4(CC)C(=O)C=C[C@@H]34)[C@H]2CC1. The Morgan fingerprint density at radius 3 is 2.91 bits per heavy atom. The van der Waals surface area contributed by atoms with Crippen LogP contribution in [0.5, 0.6) is 0 Å². The van der Waals surface area contributed by atoms with Crippen molar-refractivity contribution in [2.24, 2.45) is 29.1 Å². The first-order valence-corrected chi connectivity index (χ1v) is 9.45. The van der Waals surface area contributed by atoms with Crippen molar-refractivity contribution in [2.45, 2.75) is 52.4 Å². The first-order chi connectivity index (χ1) is 11.2. The van der Waals surface area contributed by atoms with Crippen LogP contribution in [0.15, 0.2) is 35.6 Å². The van der Waals surface area contributed by atoms with Crippen molar-refractivity contribution >= 4 is 5.78 Å². The molecule has 1 fully saturated rings. The molecule has 4 aliphatic rings. The summed E-state index contributed by atoms with van der Waals surface area (Å²) >= 11 is 0. The molecular formula is C21H28O2. The minimum absolute atomic E-state index is 0.0620. The first-order valence-electron chi connectivity index (χ1n) is 9.45. The van der Waals surface area contributed by atoms with Crippen molar-refractivity contribution in [3.8, 4) is 0 Å². The van der Waals surface area contributed by atoms with Crippen molar-refractivity contribution in [3.63, 3.8) is 0 Å². The Morgan fingerprint density at radius 2 is 2.13 bits per heavy atom. The van der Waals surface area contributed by atoms with Crippen molar-refractivity contribution < 1.29 is 9.53 Å². The monoisotopic (exact) mass is 312 g/mol. The summed E-state index contributed by atoms with van der Waals surface area (Å²) in [6.45, 7) is 5.04. The van der Waals surface area contributed by atoms with E-state index in [2.05, 4.69) is 32.1 Å². The fourth-order valence-corrected chi connectivity index (χ4v) is 5.93. The Balaban J connectivity index is 1.63. The molecule has 0 aliphatic heterocycles. The molecule has 0 aromatic carbocycles. The number of hydrogen-bond acceptors (Lipinski definition) is 2. The molecule has 0 heterocycles. The minimum Gasteiger partial charge on any atom is -0.498 e. The predicted octanol–water partition coefficient (Wildman–Crippen LogP) is 4.82. The van der Waals surface area contributed by atoms with Gasteiger partial charge in [0.15, 0.2) is 5.78 Å². The van der Waals surface area contributed by atoms with E-state index < -0.39 is 0 Å². The van der Waals surface area contributed by atoms with Crippen LogP contribution in [0, 0.1) is 29.1 Å². The van der Waals surface area contributed by atoms with E-state index in [0.29, 0.717) is 23.5 Å². The van der Waals surface area contributed by atoms with E-state index in [1.54, 1.807) is 0 Å². The number of fused-ring (bicyclic) bond motifs is 5. The molecule has 2 heteroatoms. The van der Waals surface area contributed by atoms with Gasteiger partial charge in [-0.15, -0.1) is 0 Å². The fourth-order valence-electron chi connectivity index (χ4n) is 5.93. The molecule has 4 aliphatic carbocycles. The highest BCUT2D eigenvalue weighted by molar-refractivity contribution is 5.98. The lowest BCUT2D eigenvalue weighted by Gasteiger charge is -2.51. The molecule has 0 aromatic heterocycles. The van der Waals surface area contributed by atoms with Crippen LogP contribution < -0.4 is 0 Å². The molecule has 0 N–H and O–H groups in total. The van der Waals surface area contributed by atoms with E-state index in [1.165, 1.54) is 24.2 Å². The quantitative estimate of drug-likeness (QED) is 0.746. The van der Waals surface area contributed by atoms with Gasteiger partial charge < -0.3 is 4.74 Å². The van der Waals surface area contributed by atoms with Crippen LogP contribution in [0.2, 0.25) is 0 Å². The molecular weight excluding hydrogens is 284 g/mol. The van der Waals surface area contributed by atoms with Crippen molar-refractivity contribution in [1.29, 1.82) is 0 Å². The molecule has 4 rings (SSSR count). The van der Waals surface area contributed by atoms with Crippen molar-refractivity contribution in [2.75, 3.05) is 6.61 Å². The van der Waals surface area contributed by atoms with Gasteiger partial charge in [0.05, 0.1) is 12.4 Å². The summed E-state index contributed by atoms with van der Waals surface area (Å²) in [6, 6.07) is 0. The Bertz CT molecular complexity index is 597. The highest BCUT2D eigenvalue weighted by Crippen LogP contribution is 2.59. The van der Waals surface area contributed by atoms with Crippen LogP contribution in [0.25, 0.3) is 0 Å². The van der Waals surface area contributed by atoms with Gasteiger partial charge in [-0.1, -0.05) is 19.1 Å². The van der Waals surface area contributed by atoms with Crippen molar-refractivity contribution in [3.05, 3.63) is 35.6 Å². The normalized spacial score (nSPS) is 41.6. The molecule has 5 atom stereocenters. The van der Waals surface area contributed by atoms with E-state index in [9.17, 15) is 4.79 Å². The van der Waals surface area contributed by atoms with Crippen molar-refractivity contribution in [1.82, 2.24) is 0 Å². The minimum atomic E-state index is -0.0620. The van der Waals surface area contributed by atoms with Gasteiger partial charge in [0.25, 0.3) is 0 Å². The molecule has 124 valence electrons. The van der Waals surface area contributed by atoms with Gasteiger partial charge >= 0.3 is 0 Å². The van der Waals surface area contributed by atoms with Gasteiger partial charge in [-0.05, 0) is 80.4 Å². The van der Waals surface area contributed by atoms with E-state index >= 15 is 0 Å². The van der Waals surface area contributed by atoms with Gasteiger partial charge in [0, 0.05) is 11.8 Å². The van der Waals surface area contributed by atoms with E-state index in [4.69, 9.17) is 4.74 Å². The molecule has 0 spiro atoms. The van der Waals surface area contributed by atoms with Gasteiger partial charge in [-0.2, -0.15) is 0 Å². The Labute approximate surface area is 139 Å². The maximum absolute atomic E-state index is 12.5. The number of carbonyl (C=O) groups excluding carboxylic acids is 1. The van der Waals surface area contributed by atoms with Crippen LogP contribution >= 0.6 is 0 Å². The third kappa shape index (κ3) is 2.17. The average Bonchev–Trinajstić information content (AvgIpc) is 2.92. The van der Waals surface area contributed by atoms with Gasteiger partial charge in [-0.25, -0.2) is 0 Å². The zero-order valence-corrected chi connectivity index (χ0v) is 14.4. The zero-order chi connectivity index (χ0) is 16.0. The summed E-state index contributed by atoms with van der Waals surface area (Å²) in [5, 5.41) is 0. The molecule has 1 saturated carbocycles. The van der Waals surface area contributed by atoms with E-state index in [0.717, 1.165) is 38.2 Å². The zero-order valence-electron chi connectivity index (χ0n) is 14.4. The second-order valence-electron chi connectivity index (χ2n) is 7.75. The summed E-state index contributed by atoms with van der Waals surface area (Å²) in [7, 11) is 0. The van der Waals surface area contributed by atoms with Crippen LogP contribution in [0.4, 0.5) is 0 Å². The lowest BCUT2D eigenvalue weighted by molar-refractivity contribution is -0.130. The summed E-state index contributed by atoms with van der Waals surface area (Å²) < 4.78 is 5.75. The average molecular weight is 312 g/mol. The number of carbonyl (C=O) groups is 1. The van der Waals surface area contributed by atoms with E-state index in [-0.39, 0.29) is 5.41 Å². The Hall–Kier alpha value is -1.31. The third-order valence-electron chi connectivity index (χ3n) is 7.08. The largest absolute Gasteiger partial charge is 0.498 e. The number of hydrogen-bond donors (Lipinski definition) is 0. The summed E-state index contributed by atoms with van der Waals surface area (Å²) in [5.74, 6) is 4.17. The molecule has 0 saturated heterocycles. The molecule has 0 unspecified atom stereocenters. The van der Waals surface area contributed by atoms with Crippen LogP contribution in [-0.4, -0.2) is 12.4 Å². The maximum atomic E-state index is 12.5. The number of allylic oxidation sites excluding steroid dienone is 6. The van der Waals surface area contributed by atoms with Crippen LogP contribution in [0.1, 0.15) is 52.4 Å². The molecule has 0 aromatic rings. The first kappa shape index (κ1) is 15.2. The smallest absolute Gasteiger partial charge is 0.162 e. The van der Waals surface area contributed by atoms with Gasteiger partial charge in [0.2, 0.25) is 0 Å². The molecule has 0 radical (unpaired) electrons. The number of ketones is 1.